The number of rotatable bonds is 6. The summed E-state index contributed by atoms with van der Waals surface area (Å²) in [6.45, 7) is 0. The molecule has 0 radical (unpaired) electrons. The van der Waals surface area contributed by atoms with Crippen LogP contribution in [-0.2, 0) is 0 Å². The van der Waals surface area contributed by atoms with Crippen molar-refractivity contribution in [3.05, 3.63) is 146 Å². The van der Waals surface area contributed by atoms with E-state index >= 15 is 0 Å². The van der Waals surface area contributed by atoms with Gasteiger partial charge < -0.3 is 13.3 Å². The monoisotopic (exact) mass is 636 g/mol. The van der Waals surface area contributed by atoms with Crippen molar-refractivity contribution in [2.75, 3.05) is 9.80 Å². The van der Waals surface area contributed by atoms with Gasteiger partial charge in [0, 0.05) is 35.4 Å². The smallest absolute Gasteiger partial charge is 0.307 e. The zero-order chi connectivity index (χ0) is 32.3. The Morgan fingerprint density at radius 2 is 1.08 bits per heavy atom. The van der Waals surface area contributed by atoms with Gasteiger partial charge in [-0.2, -0.15) is 9.97 Å². The van der Waals surface area contributed by atoms with Crippen LogP contribution in [0.2, 0.25) is 0 Å². The minimum Gasteiger partial charge on any atom is -0.456 e. The molecule has 0 unspecified atom stereocenters. The molecule has 9 heteroatoms. The quantitative estimate of drug-likeness (QED) is 0.176. The second-order valence-electron chi connectivity index (χ2n) is 11.7. The van der Waals surface area contributed by atoms with Crippen LogP contribution in [0.1, 0.15) is 0 Å². The van der Waals surface area contributed by atoms with Gasteiger partial charge in [0.1, 0.15) is 22.2 Å². The highest BCUT2D eigenvalue weighted by atomic mass is 16.4. The molecule has 0 spiro atoms. The average molecular weight is 637 g/mol. The number of fused-ring (bicyclic) bond motifs is 6. The lowest BCUT2D eigenvalue weighted by Crippen LogP contribution is -2.10. The van der Waals surface area contributed by atoms with Gasteiger partial charge in [-0.15, -0.1) is 0 Å². The lowest BCUT2D eigenvalue weighted by molar-refractivity contribution is 0.608. The molecule has 10 aromatic rings. The number of anilines is 6. The summed E-state index contributed by atoms with van der Waals surface area (Å²) in [5.41, 5.74) is 7.97. The molecule has 0 aliphatic heterocycles. The van der Waals surface area contributed by atoms with Crippen LogP contribution in [0.25, 0.3) is 54.9 Å². The number of furan rings is 1. The first-order chi connectivity index (χ1) is 24.2. The van der Waals surface area contributed by atoms with Gasteiger partial charge >= 0.3 is 12.0 Å². The molecular weight excluding hydrogens is 612 g/mol. The summed E-state index contributed by atoms with van der Waals surface area (Å²) in [5.74, 6) is 0. The van der Waals surface area contributed by atoms with E-state index in [-0.39, 0.29) is 0 Å². The predicted octanol–water partition coefficient (Wildman–Crippen LogP) is 10.8. The molecule has 10 rings (SSSR count). The van der Waals surface area contributed by atoms with Crippen LogP contribution in [0.15, 0.2) is 159 Å². The average Bonchev–Trinajstić information content (AvgIpc) is 3.86. The maximum Gasteiger partial charge on any atom is 0.307 e. The summed E-state index contributed by atoms with van der Waals surface area (Å²) >= 11 is 0. The van der Waals surface area contributed by atoms with Crippen molar-refractivity contribution in [1.82, 2.24) is 19.9 Å². The van der Waals surface area contributed by atoms with Gasteiger partial charge in [-0.1, -0.05) is 30.3 Å². The molecule has 5 aromatic heterocycles. The number of hydrogen-bond acceptors (Lipinski definition) is 9. The zero-order valence-corrected chi connectivity index (χ0v) is 25.8. The topological polar surface area (TPSA) is 97.5 Å². The predicted molar refractivity (Wildman–Crippen MR) is 191 cm³/mol. The van der Waals surface area contributed by atoms with Gasteiger partial charge in [0.15, 0.2) is 11.2 Å². The van der Waals surface area contributed by atoms with Gasteiger partial charge in [-0.3, -0.25) is 19.8 Å². The fourth-order valence-corrected chi connectivity index (χ4v) is 6.40. The van der Waals surface area contributed by atoms with Crippen LogP contribution < -0.4 is 9.80 Å². The number of hydrogen-bond donors (Lipinski definition) is 0. The third kappa shape index (κ3) is 4.56. The number of nitrogens with zero attached hydrogens (tertiary/aromatic N) is 6. The zero-order valence-electron chi connectivity index (χ0n) is 25.8. The number of aromatic nitrogens is 4. The van der Waals surface area contributed by atoms with Crippen molar-refractivity contribution >= 4 is 89.7 Å². The van der Waals surface area contributed by atoms with Crippen molar-refractivity contribution in [3.63, 3.8) is 0 Å². The normalized spacial score (nSPS) is 11.7. The largest absolute Gasteiger partial charge is 0.456 e. The van der Waals surface area contributed by atoms with Gasteiger partial charge in [-0.25, -0.2) is 0 Å². The molecule has 0 atom stereocenters. The molecule has 0 bridgehead atoms. The van der Waals surface area contributed by atoms with E-state index < -0.39 is 0 Å². The lowest BCUT2D eigenvalue weighted by atomic mass is 10.0. The van der Waals surface area contributed by atoms with Crippen LogP contribution in [0.5, 0.6) is 0 Å². The molecule has 5 aromatic carbocycles. The highest BCUT2D eigenvalue weighted by molar-refractivity contribution is 6.11. The molecule has 49 heavy (non-hydrogen) atoms. The molecule has 5 heterocycles. The van der Waals surface area contributed by atoms with Crippen molar-refractivity contribution in [2.24, 2.45) is 0 Å². The van der Waals surface area contributed by atoms with E-state index in [0.717, 1.165) is 66.5 Å². The minimum atomic E-state index is 0.457. The van der Waals surface area contributed by atoms with Crippen molar-refractivity contribution < 1.29 is 13.3 Å². The first kappa shape index (κ1) is 27.1. The first-order valence-electron chi connectivity index (χ1n) is 15.8. The van der Waals surface area contributed by atoms with Crippen LogP contribution in [0, 0.1) is 0 Å². The molecule has 9 nitrogen and oxygen atoms in total. The summed E-state index contributed by atoms with van der Waals surface area (Å²) in [4.78, 5) is 22.1. The van der Waals surface area contributed by atoms with Crippen LogP contribution in [0.4, 0.5) is 34.8 Å². The standard InChI is InChI=1S/C40H24N6O3/c1-3-9-35-33(7-1)43-39(48-35)45(27-15-18-41-19-16-27)29-13-14-31-32-21-25-11-12-28(20-26(25)22-37(32)47-38(31)23-29)46(30-6-5-17-42-24-30)40-44-34-8-2-4-10-36(34)49-40/h1-24H. The minimum absolute atomic E-state index is 0.457. The van der Waals surface area contributed by atoms with E-state index in [0.29, 0.717) is 23.2 Å². The summed E-state index contributed by atoms with van der Waals surface area (Å²) < 4.78 is 19.0. The van der Waals surface area contributed by atoms with E-state index in [4.69, 9.17) is 23.2 Å². The molecule has 0 aliphatic rings. The molecule has 0 aliphatic carbocycles. The lowest BCUT2D eigenvalue weighted by Gasteiger charge is -2.21. The van der Waals surface area contributed by atoms with Crippen molar-refractivity contribution in [1.29, 1.82) is 0 Å². The number of pyridine rings is 2. The van der Waals surface area contributed by atoms with E-state index in [9.17, 15) is 0 Å². The van der Waals surface area contributed by atoms with Crippen molar-refractivity contribution in [3.8, 4) is 0 Å². The van der Waals surface area contributed by atoms with E-state index in [1.165, 1.54) is 0 Å². The molecule has 0 fully saturated rings. The Bertz CT molecular complexity index is 2620. The Morgan fingerprint density at radius 1 is 0.408 bits per heavy atom. The van der Waals surface area contributed by atoms with E-state index in [2.05, 4.69) is 52.4 Å². The van der Waals surface area contributed by atoms with Crippen LogP contribution >= 0.6 is 0 Å². The second kappa shape index (κ2) is 10.8. The Kier molecular flexibility index (Phi) is 5.97. The molecule has 0 N–H and O–H groups in total. The van der Waals surface area contributed by atoms with Gasteiger partial charge in [0.2, 0.25) is 0 Å². The number of oxazole rings is 2. The molecule has 0 saturated carbocycles. The van der Waals surface area contributed by atoms with E-state index in [1.54, 1.807) is 24.8 Å². The Balaban J connectivity index is 1.09. The van der Waals surface area contributed by atoms with Gasteiger partial charge in [-0.05, 0) is 95.7 Å². The second-order valence-corrected chi connectivity index (χ2v) is 11.7. The SMILES string of the molecule is c1cncc(N(c2ccc3cc4c(cc3c2)oc2cc(N(c3ccncc3)c3nc5ccccc5o3)ccc24)c2nc3ccccc3o2)c1. The number of para-hydroxylation sites is 4. The maximum atomic E-state index is 6.55. The molecule has 232 valence electrons. The number of benzene rings is 5. The highest BCUT2D eigenvalue weighted by Gasteiger charge is 2.22. The Labute approximate surface area is 278 Å². The van der Waals surface area contributed by atoms with Gasteiger partial charge in [0.05, 0.1) is 28.9 Å². The van der Waals surface area contributed by atoms with Gasteiger partial charge in [0.25, 0.3) is 0 Å². The first-order valence-corrected chi connectivity index (χ1v) is 15.8. The van der Waals surface area contributed by atoms with Crippen LogP contribution in [0.3, 0.4) is 0 Å². The summed E-state index contributed by atoms with van der Waals surface area (Å²) in [6.07, 6.45) is 7.06. The summed E-state index contributed by atoms with van der Waals surface area (Å²) in [5, 5.41) is 4.14. The molecule has 0 amide bonds. The molecule has 0 saturated heterocycles. The van der Waals surface area contributed by atoms with Crippen molar-refractivity contribution in [2.45, 2.75) is 0 Å². The van der Waals surface area contributed by atoms with Crippen LogP contribution in [-0.4, -0.2) is 19.9 Å². The maximum absolute atomic E-state index is 6.55. The Morgan fingerprint density at radius 3 is 1.80 bits per heavy atom. The Hall–Kier alpha value is -7.00. The fraction of sp³-hybridized carbons (Fsp3) is 0. The summed E-state index contributed by atoms with van der Waals surface area (Å²) in [7, 11) is 0. The summed E-state index contributed by atoms with van der Waals surface area (Å²) in [6, 6.07) is 40.9. The third-order valence-electron chi connectivity index (χ3n) is 8.69. The third-order valence-corrected chi connectivity index (χ3v) is 8.69. The fourth-order valence-electron chi connectivity index (χ4n) is 6.40. The highest BCUT2D eigenvalue weighted by Crippen LogP contribution is 2.41. The van der Waals surface area contributed by atoms with E-state index in [1.807, 2.05) is 88.7 Å². The molecular formula is C40H24N6O3.